The fraction of sp³-hybridized carbons (Fsp3) is 0.550. The minimum absolute atomic E-state index is 0.0700. The third kappa shape index (κ3) is 3.44. The molecule has 0 spiro atoms. The Bertz CT molecular complexity index is 778. The molecule has 0 bridgehead atoms. The van der Waals surface area contributed by atoms with Crippen LogP contribution in [-0.4, -0.2) is 59.1 Å². The maximum absolute atomic E-state index is 12.7. The van der Waals surface area contributed by atoms with Gasteiger partial charge in [0.2, 0.25) is 5.91 Å². The topological polar surface area (TPSA) is 56.9 Å². The van der Waals surface area contributed by atoms with Gasteiger partial charge in [-0.05, 0) is 50.9 Å². The Morgan fingerprint density at radius 2 is 2.08 bits per heavy atom. The van der Waals surface area contributed by atoms with E-state index in [1.165, 1.54) is 12.8 Å². The van der Waals surface area contributed by atoms with Crippen molar-refractivity contribution in [2.75, 3.05) is 32.7 Å². The normalized spacial score (nSPS) is 24.5. The molecule has 2 aliphatic rings. The van der Waals surface area contributed by atoms with Crippen LogP contribution in [0.4, 0.5) is 0 Å². The number of amides is 1. The van der Waals surface area contributed by atoms with Gasteiger partial charge in [-0.1, -0.05) is 12.1 Å². The van der Waals surface area contributed by atoms with Crippen molar-refractivity contribution in [2.24, 2.45) is 0 Å². The smallest absolute Gasteiger partial charge is 0.227 e. The number of furan rings is 1. The first kappa shape index (κ1) is 16.6. The summed E-state index contributed by atoms with van der Waals surface area (Å²) >= 11 is 0. The molecule has 2 fully saturated rings. The summed E-state index contributed by atoms with van der Waals surface area (Å²) in [5.41, 5.74) is 2.14. The lowest BCUT2D eigenvalue weighted by atomic mass is 10.0. The van der Waals surface area contributed by atoms with Crippen LogP contribution >= 0.6 is 0 Å². The number of aliphatic hydroxyl groups is 1. The van der Waals surface area contributed by atoms with Crippen molar-refractivity contribution in [2.45, 2.75) is 38.2 Å². The van der Waals surface area contributed by atoms with Crippen LogP contribution in [0.25, 0.3) is 11.0 Å². The minimum Gasteiger partial charge on any atom is -0.464 e. The molecule has 0 aliphatic carbocycles. The van der Waals surface area contributed by atoms with Crippen molar-refractivity contribution < 1.29 is 14.3 Å². The van der Waals surface area contributed by atoms with Crippen LogP contribution in [0, 0.1) is 6.92 Å². The predicted molar refractivity (Wildman–Crippen MR) is 96.5 cm³/mol. The van der Waals surface area contributed by atoms with E-state index in [1.807, 2.05) is 30.0 Å². The zero-order valence-corrected chi connectivity index (χ0v) is 14.8. The van der Waals surface area contributed by atoms with Gasteiger partial charge in [0.15, 0.2) is 0 Å². The van der Waals surface area contributed by atoms with Crippen molar-refractivity contribution in [3.8, 4) is 0 Å². The summed E-state index contributed by atoms with van der Waals surface area (Å²) in [7, 11) is 0. The van der Waals surface area contributed by atoms with E-state index < -0.39 is 5.60 Å². The van der Waals surface area contributed by atoms with E-state index in [-0.39, 0.29) is 5.91 Å². The zero-order chi connectivity index (χ0) is 17.4. The number of fused-ring (bicyclic) bond motifs is 1. The van der Waals surface area contributed by atoms with Gasteiger partial charge in [-0.2, -0.15) is 0 Å². The molecule has 2 aliphatic heterocycles. The highest BCUT2D eigenvalue weighted by atomic mass is 16.3. The molecule has 1 aromatic carbocycles. The molecule has 25 heavy (non-hydrogen) atoms. The van der Waals surface area contributed by atoms with Crippen LogP contribution in [0.1, 0.15) is 30.4 Å². The van der Waals surface area contributed by atoms with Crippen molar-refractivity contribution in [1.82, 2.24) is 9.80 Å². The largest absolute Gasteiger partial charge is 0.464 e. The molecular weight excluding hydrogens is 316 g/mol. The fourth-order valence-electron chi connectivity index (χ4n) is 4.16. The van der Waals surface area contributed by atoms with E-state index in [2.05, 4.69) is 4.90 Å². The van der Waals surface area contributed by atoms with Crippen LogP contribution in [-0.2, 0) is 11.2 Å². The zero-order valence-electron chi connectivity index (χ0n) is 14.8. The predicted octanol–water partition coefficient (Wildman–Crippen LogP) is 2.34. The molecule has 134 valence electrons. The molecule has 4 rings (SSSR count). The van der Waals surface area contributed by atoms with E-state index in [4.69, 9.17) is 4.42 Å². The number of hydrogen-bond acceptors (Lipinski definition) is 4. The summed E-state index contributed by atoms with van der Waals surface area (Å²) in [6.45, 7) is 5.92. The third-order valence-electron chi connectivity index (χ3n) is 5.55. The summed E-state index contributed by atoms with van der Waals surface area (Å²) in [6, 6.07) is 6.05. The average molecular weight is 342 g/mol. The summed E-state index contributed by atoms with van der Waals surface area (Å²) < 4.78 is 5.60. The van der Waals surface area contributed by atoms with Gasteiger partial charge < -0.3 is 19.3 Å². The van der Waals surface area contributed by atoms with Crippen LogP contribution in [0.15, 0.2) is 28.9 Å². The number of β-amino-alcohol motifs (C(OH)–C–C–N with tert-alkyl or cyclic N) is 1. The first-order valence-electron chi connectivity index (χ1n) is 9.22. The molecule has 2 aromatic rings. The van der Waals surface area contributed by atoms with Crippen LogP contribution in [0.5, 0.6) is 0 Å². The Morgan fingerprint density at radius 3 is 2.88 bits per heavy atom. The summed E-state index contributed by atoms with van der Waals surface area (Å²) in [4.78, 5) is 16.8. The lowest BCUT2D eigenvalue weighted by molar-refractivity contribution is -0.130. The van der Waals surface area contributed by atoms with Gasteiger partial charge in [0.05, 0.1) is 24.8 Å². The number of carbonyl (C=O) groups excluding carboxylic acids is 1. The summed E-state index contributed by atoms with van der Waals surface area (Å²) in [5, 5.41) is 11.9. The Kier molecular flexibility index (Phi) is 4.29. The third-order valence-corrected chi connectivity index (χ3v) is 5.55. The molecule has 1 atom stereocenters. The molecule has 1 amide bonds. The standard InChI is InChI=1S/C20H26N2O3/c1-15-4-5-17-16(12-25-18(17)10-15)11-19(23)22-9-6-20(24,14-22)13-21-7-2-3-8-21/h4-5,10,12,24H,2-3,6-9,11,13-14H2,1H3/t20-/m0/s1. The molecule has 5 nitrogen and oxygen atoms in total. The quantitative estimate of drug-likeness (QED) is 0.927. The van der Waals surface area contributed by atoms with Gasteiger partial charge in [-0.3, -0.25) is 4.79 Å². The number of carbonyl (C=O) groups is 1. The highest BCUT2D eigenvalue weighted by Crippen LogP contribution is 2.27. The molecule has 5 heteroatoms. The van der Waals surface area contributed by atoms with Gasteiger partial charge in [0, 0.05) is 24.0 Å². The Labute approximate surface area is 148 Å². The first-order chi connectivity index (χ1) is 12.0. The van der Waals surface area contributed by atoms with Gasteiger partial charge in [0.25, 0.3) is 0 Å². The molecule has 1 N–H and O–H groups in total. The average Bonchev–Trinajstić information content (AvgIpc) is 3.29. The second-order valence-electron chi connectivity index (χ2n) is 7.71. The monoisotopic (exact) mass is 342 g/mol. The molecular formula is C20H26N2O3. The lowest BCUT2D eigenvalue weighted by Gasteiger charge is -2.28. The highest BCUT2D eigenvalue weighted by molar-refractivity contribution is 5.88. The fourth-order valence-corrected chi connectivity index (χ4v) is 4.16. The molecule has 0 saturated carbocycles. The van der Waals surface area contributed by atoms with Gasteiger partial charge in [0.1, 0.15) is 5.58 Å². The van der Waals surface area contributed by atoms with Gasteiger partial charge >= 0.3 is 0 Å². The second kappa shape index (κ2) is 6.46. The van der Waals surface area contributed by atoms with E-state index in [9.17, 15) is 9.90 Å². The number of benzene rings is 1. The number of rotatable bonds is 4. The van der Waals surface area contributed by atoms with Crippen molar-refractivity contribution in [3.05, 3.63) is 35.6 Å². The number of aryl methyl sites for hydroxylation is 1. The molecule has 0 radical (unpaired) electrons. The van der Waals surface area contributed by atoms with E-state index >= 15 is 0 Å². The number of nitrogens with zero attached hydrogens (tertiary/aromatic N) is 2. The van der Waals surface area contributed by atoms with Gasteiger partial charge in [-0.15, -0.1) is 0 Å². The van der Waals surface area contributed by atoms with Gasteiger partial charge in [-0.25, -0.2) is 0 Å². The minimum atomic E-state index is -0.754. The van der Waals surface area contributed by atoms with E-state index in [0.717, 1.165) is 35.2 Å². The lowest BCUT2D eigenvalue weighted by Crippen LogP contribution is -2.45. The molecule has 0 unspecified atom stereocenters. The van der Waals surface area contributed by atoms with Crippen LogP contribution in [0.2, 0.25) is 0 Å². The Hall–Kier alpha value is -1.85. The molecule has 2 saturated heterocycles. The van der Waals surface area contributed by atoms with Crippen LogP contribution < -0.4 is 0 Å². The SMILES string of the molecule is Cc1ccc2c(CC(=O)N3CC[C@](O)(CN4CCCC4)C3)coc2c1. The second-order valence-corrected chi connectivity index (χ2v) is 7.71. The molecule has 1 aromatic heterocycles. The maximum Gasteiger partial charge on any atom is 0.227 e. The highest BCUT2D eigenvalue weighted by Gasteiger charge is 2.39. The van der Waals surface area contributed by atoms with Crippen molar-refractivity contribution in [3.63, 3.8) is 0 Å². The summed E-state index contributed by atoms with van der Waals surface area (Å²) in [6.07, 6.45) is 5.11. The number of likely N-dealkylation sites (tertiary alicyclic amines) is 2. The first-order valence-corrected chi connectivity index (χ1v) is 9.22. The molecule has 3 heterocycles. The van der Waals surface area contributed by atoms with Crippen LogP contribution in [0.3, 0.4) is 0 Å². The van der Waals surface area contributed by atoms with E-state index in [1.54, 1.807) is 6.26 Å². The maximum atomic E-state index is 12.7. The summed E-state index contributed by atoms with van der Waals surface area (Å²) in [5.74, 6) is 0.0700. The van der Waals surface area contributed by atoms with Crippen molar-refractivity contribution >= 4 is 16.9 Å². The number of hydrogen-bond donors (Lipinski definition) is 1. The van der Waals surface area contributed by atoms with E-state index in [0.29, 0.717) is 32.5 Å². The van der Waals surface area contributed by atoms with Crippen molar-refractivity contribution in [1.29, 1.82) is 0 Å². The Morgan fingerprint density at radius 1 is 1.28 bits per heavy atom. The Balaban J connectivity index is 1.41.